The van der Waals surface area contributed by atoms with Crippen LogP contribution in [0.15, 0.2) is 61.1 Å². The second-order valence-corrected chi connectivity index (χ2v) is 6.40. The Morgan fingerprint density at radius 2 is 1.71 bits per heavy atom. The highest BCUT2D eigenvalue weighted by Gasteiger charge is 2.24. The van der Waals surface area contributed by atoms with E-state index in [0.717, 1.165) is 0 Å². The smallest absolute Gasteiger partial charge is 0.272 e. The SMILES string of the molecule is O=C(c1ccc(Nc2cccc(F)c2)cn1)N1CCN(c2ncccn2)CC1. The van der Waals surface area contributed by atoms with Crippen molar-refractivity contribution >= 4 is 23.2 Å². The van der Waals surface area contributed by atoms with Gasteiger partial charge in [-0.2, -0.15) is 0 Å². The summed E-state index contributed by atoms with van der Waals surface area (Å²) in [4.78, 5) is 29.3. The van der Waals surface area contributed by atoms with Gasteiger partial charge in [-0.25, -0.2) is 19.3 Å². The van der Waals surface area contributed by atoms with Gasteiger partial charge >= 0.3 is 0 Å². The molecule has 0 aliphatic carbocycles. The lowest BCUT2D eigenvalue weighted by Crippen LogP contribution is -2.49. The Kier molecular flexibility index (Phi) is 5.09. The van der Waals surface area contributed by atoms with Crippen molar-refractivity contribution < 1.29 is 9.18 Å². The van der Waals surface area contributed by atoms with Crippen molar-refractivity contribution in [2.75, 3.05) is 36.4 Å². The Labute approximate surface area is 161 Å². The van der Waals surface area contributed by atoms with Crippen LogP contribution in [-0.2, 0) is 0 Å². The third-order valence-electron chi connectivity index (χ3n) is 4.50. The first-order chi connectivity index (χ1) is 13.7. The molecule has 0 saturated carbocycles. The summed E-state index contributed by atoms with van der Waals surface area (Å²) in [5.41, 5.74) is 1.70. The molecule has 0 unspecified atom stereocenters. The first-order valence-electron chi connectivity index (χ1n) is 8.99. The number of aromatic nitrogens is 3. The summed E-state index contributed by atoms with van der Waals surface area (Å²) in [6.45, 7) is 2.52. The van der Waals surface area contributed by atoms with Gasteiger partial charge in [0.1, 0.15) is 11.5 Å². The quantitative estimate of drug-likeness (QED) is 0.753. The molecule has 1 fully saturated rings. The van der Waals surface area contributed by atoms with E-state index in [2.05, 4.69) is 25.2 Å². The van der Waals surface area contributed by atoms with Gasteiger partial charge in [0.2, 0.25) is 5.95 Å². The van der Waals surface area contributed by atoms with Crippen molar-refractivity contribution in [1.82, 2.24) is 19.9 Å². The number of rotatable bonds is 4. The maximum absolute atomic E-state index is 13.3. The van der Waals surface area contributed by atoms with Crippen LogP contribution < -0.4 is 10.2 Å². The molecule has 1 amide bonds. The monoisotopic (exact) mass is 378 g/mol. The molecular formula is C20H19FN6O. The van der Waals surface area contributed by atoms with Crippen molar-refractivity contribution in [3.63, 3.8) is 0 Å². The highest BCUT2D eigenvalue weighted by Crippen LogP contribution is 2.18. The lowest BCUT2D eigenvalue weighted by Gasteiger charge is -2.34. The van der Waals surface area contributed by atoms with Crippen LogP contribution in [0, 0.1) is 5.82 Å². The van der Waals surface area contributed by atoms with E-state index in [-0.39, 0.29) is 11.7 Å². The number of nitrogens with one attached hydrogen (secondary N) is 1. The Morgan fingerprint density at radius 3 is 2.39 bits per heavy atom. The Hall–Kier alpha value is -3.55. The maximum Gasteiger partial charge on any atom is 0.272 e. The van der Waals surface area contributed by atoms with E-state index in [1.54, 1.807) is 53.8 Å². The molecule has 0 bridgehead atoms. The van der Waals surface area contributed by atoms with Gasteiger partial charge in [-0.1, -0.05) is 6.07 Å². The molecule has 2 aromatic heterocycles. The fourth-order valence-electron chi connectivity index (χ4n) is 3.05. The molecule has 7 nitrogen and oxygen atoms in total. The summed E-state index contributed by atoms with van der Waals surface area (Å²) in [7, 11) is 0. The lowest BCUT2D eigenvalue weighted by molar-refractivity contribution is 0.0740. The Morgan fingerprint density at radius 1 is 0.929 bits per heavy atom. The third-order valence-corrected chi connectivity index (χ3v) is 4.50. The zero-order valence-corrected chi connectivity index (χ0v) is 15.1. The zero-order chi connectivity index (χ0) is 19.3. The predicted molar refractivity (Wildman–Crippen MR) is 104 cm³/mol. The summed E-state index contributed by atoms with van der Waals surface area (Å²) in [6, 6.07) is 11.4. The van der Waals surface area contributed by atoms with E-state index in [1.807, 2.05) is 0 Å². The van der Waals surface area contributed by atoms with Crippen LogP contribution in [0.4, 0.5) is 21.7 Å². The van der Waals surface area contributed by atoms with Crippen molar-refractivity contribution in [1.29, 1.82) is 0 Å². The van der Waals surface area contributed by atoms with Crippen LogP contribution in [-0.4, -0.2) is 51.9 Å². The van der Waals surface area contributed by atoms with E-state index >= 15 is 0 Å². The molecule has 28 heavy (non-hydrogen) atoms. The van der Waals surface area contributed by atoms with Gasteiger partial charge in [0, 0.05) is 44.3 Å². The normalized spacial score (nSPS) is 14.0. The molecule has 1 aliphatic heterocycles. The van der Waals surface area contributed by atoms with Crippen LogP contribution in [0.1, 0.15) is 10.5 Å². The van der Waals surface area contributed by atoms with Crippen LogP contribution in [0.25, 0.3) is 0 Å². The second-order valence-electron chi connectivity index (χ2n) is 6.40. The number of amides is 1. The maximum atomic E-state index is 13.3. The minimum absolute atomic E-state index is 0.106. The van der Waals surface area contributed by atoms with E-state index in [9.17, 15) is 9.18 Å². The standard InChI is InChI=1S/C20H19FN6O/c21-15-3-1-4-16(13-15)25-17-5-6-18(24-14-17)19(28)26-9-11-27(12-10-26)20-22-7-2-8-23-20/h1-8,13-14,25H,9-12H2. The molecule has 3 heterocycles. The van der Waals surface area contributed by atoms with Crippen molar-refractivity contribution in [3.05, 3.63) is 72.6 Å². The number of pyridine rings is 1. The molecule has 1 N–H and O–H groups in total. The van der Waals surface area contributed by atoms with Gasteiger partial charge in [-0.15, -0.1) is 0 Å². The number of carbonyl (C=O) groups excluding carboxylic acids is 1. The summed E-state index contributed by atoms with van der Waals surface area (Å²) >= 11 is 0. The summed E-state index contributed by atoms with van der Waals surface area (Å²) in [5, 5.41) is 3.07. The zero-order valence-electron chi connectivity index (χ0n) is 15.1. The van der Waals surface area contributed by atoms with Crippen molar-refractivity contribution in [3.8, 4) is 0 Å². The molecule has 142 valence electrons. The van der Waals surface area contributed by atoms with Crippen LogP contribution in [0.5, 0.6) is 0 Å². The molecule has 3 aromatic rings. The van der Waals surface area contributed by atoms with Gasteiger partial charge < -0.3 is 15.1 Å². The average Bonchev–Trinajstić information content (AvgIpc) is 2.75. The van der Waals surface area contributed by atoms with E-state index < -0.39 is 0 Å². The average molecular weight is 378 g/mol. The minimum Gasteiger partial charge on any atom is -0.354 e. The molecule has 4 rings (SSSR count). The predicted octanol–water partition coefficient (Wildman–Crippen LogP) is 2.72. The van der Waals surface area contributed by atoms with Crippen molar-refractivity contribution in [2.24, 2.45) is 0 Å². The molecule has 1 aliphatic rings. The molecule has 0 spiro atoms. The number of benzene rings is 1. The van der Waals surface area contributed by atoms with E-state index in [0.29, 0.717) is 49.2 Å². The molecule has 0 radical (unpaired) electrons. The third kappa shape index (κ3) is 4.06. The number of hydrogen-bond acceptors (Lipinski definition) is 6. The molecule has 1 saturated heterocycles. The lowest BCUT2D eigenvalue weighted by atomic mass is 10.2. The fraction of sp³-hybridized carbons (Fsp3) is 0.200. The number of nitrogens with zero attached hydrogens (tertiary/aromatic N) is 5. The van der Waals surface area contributed by atoms with Gasteiger partial charge in [0.25, 0.3) is 5.91 Å². The minimum atomic E-state index is -0.315. The molecule has 0 atom stereocenters. The summed E-state index contributed by atoms with van der Waals surface area (Å²) in [6.07, 6.45) is 5.00. The van der Waals surface area contributed by atoms with E-state index in [1.165, 1.54) is 12.1 Å². The molecular weight excluding hydrogens is 359 g/mol. The highest BCUT2D eigenvalue weighted by atomic mass is 19.1. The topological polar surface area (TPSA) is 74.2 Å². The van der Waals surface area contributed by atoms with E-state index in [4.69, 9.17) is 0 Å². The van der Waals surface area contributed by atoms with Gasteiger partial charge in [-0.05, 0) is 36.4 Å². The van der Waals surface area contributed by atoms with Crippen molar-refractivity contribution in [2.45, 2.75) is 0 Å². The number of piperazine rings is 1. The number of carbonyl (C=O) groups is 1. The number of hydrogen-bond donors (Lipinski definition) is 1. The fourth-order valence-corrected chi connectivity index (χ4v) is 3.05. The Bertz CT molecular complexity index is 942. The Balaban J connectivity index is 1.36. The van der Waals surface area contributed by atoms with Crippen LogP contribution in [0.2, 0.25) is 0 Å². The van der Waals surface area contributed by atoms with Crippen LogP contribution >= 0.6 is 0 Å². The second kappa shape index (κ2) is 7.99. The number of halogens is 1. The molecule has 1 aromatic carbocycles. The van der Waals surface area contributed by atoms with Crippen LogP contribution in [0.3, 0.4) is 0 Å². The molecule has 8 heteroatoms. The van der Waals surface area contributed by atoms with Gasteiger partial charge in [0.05, 0.1) is 11.9 Å². The highest BCUT2D eigenvalue weighted by molar-refractivity contribution is 5.92. The number of anilines is 3. The summed E-state index contributed by atoms with van der Waals surface area (Å²) < 4.78 is 13.3. The first kappa shape index (κ1) is 17.8. The summed E-state index contributed by atoms with van der Waals surface area (Å²) in [5.74, 6) is 0.260. The van der Waals surface area contributed by atoms with Gasteiger partial charge in [-0.3, -0.25) is 4.79 Å². The first-order valence-corrected chi connectivity index (χ1v) is 8.99. The van der Waals surface area contributed by atoms with Gasteiger partial charge in [0.15, 0.2) is 0 Å². The largest absolute Gasteiger partial charge is 0.354 e.